The molecule has 0 spiro atoms. The predicted octanol–water partition coefficient (Wildman–Crippen LogP) is 6.06. The molecule has 0 nitrogen and oxygen atoms in total. The topological polar surface area (TPSA) is 0 Å². The normalized spacial score (nSPS) is 16.2. The van der Waals surface area contributed by atoms with E-state index in [4.69, 9.17) is 0 Å². The van der Waals surface area contributed by atoms with Crippen LogP contribution in [-0.2, 0) is 0 Å². The van der Waals surface area contributed by atoms with Gasteiger partial charge in [0.05, 0.1) is 0 Å². The highest BCUT2D eigenvalue weighted by Crippen LogP contribution is 2.29. The average Bonchev–Trinajstić information content (AvgIpc) is 2.21. The van der Waals surface area contributed by atoms with E-state index in [1.165, 1.54) is 44.9 Å². The van der Waals surface area contributed by atoms with E-state index in [1.807, 2.05) is 0 Å². The molecule has 0 N–H and O–H groups in total. The van der Waals surface area contributed by atoms with Crippen molar-refractivity contribution in [1.29, 1.82) is 0 Å². The third-order valence-corrected chi connectivity index (χ3v) is 2.59. The first kappa shape index (κ1) is 17.4. The molecule has 1 rings (SSSR count). The van der Waals surface area contributed by atoms with Crippen LogP contribution in [0.4, 0.5) is 0 Å². The molecule has 0 radical (unpaired) electrons. The molecule has 0 aromatic rings. The Kier molecular flexibility index (Phi) is 16.2. The first-order valence-corrected chi connectivity index (χ1v) is 7.13. The summed E-state index contributed by atoms with van der Waals surface area (Å²) in [5.74, 6) is 1.99. The molecule has 0 aromatic carbocycles. The maximum absolute atomic E-state index is 2.36. The van der Waals surface area contributed by atoms with E-state index in [9.17, 15) is 0 Å². The molecule has 0 saturated heterocycles. The standard InChI is InChI=1S/C9H18.2C3H8/c1-8(2)9-6-4-3-5-7-9;2*1-3-2/h8-9H,3-7H2,1-2H3;2*3H2,1-2H3. The van der Waals surface area contributed by atoms with Crippen LogP contribution in [0.25, 0.3) is 0 Å². The lowest BCUT2D eigenvalue weighted by Gasteiger charge is -2.24. The maximum Gasteiger partial charge on any atom is -0.0391 e. The van der Waals surface area contributed by atoms with Crippen LogP contribution in [0.5, 0.6) is 0 Å². The summed E-state index contributed by atoms with van der Waals surface area (Å²) in [7, 11) is 0. The van der Waals surface area contributed by atoms with Gasteiger partial charge in [0.2, 0.25) is 0 Å². The maximum atomic E-state index is 2.36. The van der Waals surface area contributed by atoms with Crippen molar-refractivity contribution in [1.82, 2.24) is 0 Å². The second-order valence-corrected chi connectivity index (χ2v) is 5.06. The quantitative estimate of drug-likeness (QED) is 0.498. The third kappa shape index (κ3) is 14.0. The number of hydrogen-bond donors (Lipinski definition) is 0. The van der Waals surface area contributed by atoms with Crippen LogP contribution < -0.4 is 0 Å². The smallest absolute Gasteiger partial charge is 0.0391 e. The molecular weight excluding hydrogens is 180 g/mol. The summed E-state index contributed by atoms with van der Waals surface area (Å²) in [6.07, 6.45) is 9.96. The Bertz CT molecular complexity index is 86.2. The van der Waals surface area contributed by atoms with Gasteiger partial charge in [-0.3, -0.25) is 0 Å². The molecule has 1 saturated carbocycles. The van der Waals surface area contributed by atoms with Crippen LogP contribution in [0.15, 0.2) is 0 Å². The zero-order valence-corrected chi connectivity index (χ0v) is 12.1. The zero-order chi connectivity index (χ0) is 12.1. The van der Waals surface area contributed by atoms with Crippen LogP contribution in [-0.4, -0.2) is 0 Å². The Morgan fingerprint density at radius 1 is 0.800 bits per heavy atom. The van der Waals surface area contributed by atoms with Gasteiger partial charge < -0.3 is 0 Å². The molecule has 0 heterocycles. The molecule has 0 heteroatoms. The minimum absolute atomic E-state index is 0.935. The lowest BCUT2D eigenvalue weighted by atomic mass is 9.82. The summed E-state index contributed by atoms with van der Waals surface area (Å²) >= 11 is 0. The van der Waals surface area contributed by atoms with Crippen molar-refractivity contribution in [2.75, 3.05) is 0 Å². The fraction of sp³-hybridized carbons (Fsp3) is 1.00. The molecule has 1 aliphatic carbocycles. The highest BCUT2D eigenvalue weighted by Gasteiger charge is 2.15. The van der Waals surface area contributed by atoms with E-state index in [1.54, 1.807) is 0 Å². The van der Waals surface area contributed by atoms with E-state index in [-0.39, 0.29) is 0 Å². The van der Waals surface area contributed by atoms with Crippen LogP contribution in [0.3, 0.4) is 0 Å². The van der Waals surface area contributed by atoms with Gasteiger partial charge in [-0.1, -0.05) is 86.5 Å². The van der Waals surface area contributed by atoms with Crippen molar-refractivity contribution in [2.24, 2.45) is 11.8 Å². The van der Waals surface area contributed by atoms with E-state index in [0.717, 1.165) is 11.8 Å². The van der Waals surface area contributed by atoms with Crippen molar-refractivity contribution >= 4 is 0 Å². The Morgan fingerprint density at radius 2 is 1.13 bits per heavy atom. The third-order valence-electron chi connectivity index (χ3n) is 2.59. The van der Waals surface area contributed by atoms with Gasteiger partial charge in [-0.25, -0.2) is 0 Å². The summed E-state index contributed by atoms with van der Waals surface area (Å²) in [5, 5.41) is 0. The monoisotopic (exact) mass is 214 g/mol. The molecule has 94 valence electrons. The van der Waals surface area contributed by atoms with Gasteiger partial charge in [-0.05, 0) is 11.8 Å². The largest absolute Gasteiger partial charge is 0.0656 e. The zero-order valence-electron chi connectivity index (χ0n) is 12.1. The van der Waals surface area contributed by atoms with Crippen molar-refractivity contribution in [3.63, 3.8) is 0 Å². The second kappa shape index (κ2) is 14.0. The van der Waals surface area contributed by atoms with E-state index < -0.39 is 0 Å². The van der Waals surface area contributed by atoms with Crippen molar-refractivity contribution in [2.45, 2.75) is 86.5 Å². The van der Waals surface area contributed by atoms with E-state index in [0.29, 0.717) is 0 Å². The number of hydrogen-bond acceptors (Lipinski definition) is 0. The average molecular weight is 214 g/mol. The summed E-state index contributed by atoms with van der Waals surface area (Å²) in [6.45, 7) is 13.2. The van der Waals surface area contributed by atoms with Gasteiger partial charge in [0.25, 0.3) is 0 Å². The second-order valence-electron chi connectivity index (χ2n) is 5.06. The molecular formula is C15H34. The van der Waals surface area contributed by atoms with E-state index >= 15 is 0 Å². The number of rotatable bonds is 1. The molecule has 1 fully saturated rings. The van der Waals surface area contributed by atoms with Crippen LogP contribution in [0, 0.1) is 11.8 Å². The summed E-state index contributed by atoms with van der Waals surface area (Å²) in [6, 6.07) is 0. The summed E-state index contributed by atoms with van der Waals surface area (Å²) < 4.78 is 0. The predicted molar refractivity (Wildman–Crippen MR) is 73.3 cm³/mol. The van der Waals surface area contributed by atoms with Gasteiger partial charge in [0.15, 0.2) is 0 Å². The lowest BCUT2D eigenvalue weighted by Crippen LogP contribution is -2.12. The molecule has 1 aliphatic rings. The van der Waals surface area contributed by atoms with Gasteiger partial charge in [-0.2, -0.15) is 0 Å². The highest BCUT2D eigenvalue weighted by molar-refractivity contribution is 4.67. The molecule has 0 aliphatic heterocycles. The first-order chi connectivity index (χ1) is 7.13. The SMILES string of the molecule is CC(C)C1CCCCC1.CCC.CCC. The van der Waals surface area contributed by atoms with Gasteiger partial charge in [-0.15, -0.1) is 0 Å². The lowest BCUT2D eigenvalue weighted by molar-refractivity contribution is 0.279. The molecule has 0 aromatic heterocycles. The minimum Gasteiger partial charge on any atom is -0.0656 e. The summed E-state index contributed by atoms with van der Waals surface area (Å²) in [4.78, 5) is 0. The van der Waals surface area contributed by atoms with Crippen molar-refractivity contribution < 1.29 is 0 Å². The summed E-state index contributed by atoms with van der Waals surface area (Å²) in [5.41, 5.74) is 0. The van der Waals surface area contributed by atoms with Crippen LogP contribution >= 0.6 is 0 Å². The van der Waals surface area contributed by atoms with Crippen molar-refractivity contribution in [3.8, 4) is 0 Å². The van der Waals surface area contributed by atoms with E-state index in [2.05, 4.69) is 41.5 Å². The molecule has 0 unspecified atom stereocenters. The Balaban J connectivity index is 0. The minimum atomic E-state index is 0.935. The van der Waals surface area contributed by atoms with Crippen LogP contribution in [0.1, 0.15) is 86.5 Å². The fourth-order valence-electron chi connectivity index (χ4n) is 1.80. The molecule has 15 heavy (non-hydrogen) atoms. The Hall–Kier alpha value is 0. The Labute approximate surface area is 98.9 Å². The molecule has 0 amide bonds. The highest BCUT2D eigenvalue weighted by atomic mass is 14.2. The van der Waals surface area contributed by atoms with Crippen LogP contribution in [0.2, 0.25) is 0 Å². The van der Waals surface area contributed by atoms with Gasteiger partial charge in [0, 0.05) is 0 Å². The Morgan fingerprint density at radius 3 is 1.33 bits per heavy atom. The van der Waals surface area contributed by atoms with Gasteiger partial charge in [0.1, 0.15) is 0 Å². The fourth-order valence-corrected chi connectivity index (χ4v) is 1.80. The molecule has 0 bridgehead atoms. The molecule has 0 atom stereocenters. The van der Waals surface area contributed by atoms with Gasteiger partial charge >= 0.3 is 0 Å². The van der Waals surface area contributed by atoms with Crippen molar-refractivity contribution in [3.05, 3.63) is 0 Å². The first-order valence-electron chi connectivity index (χ1n) is 7.13.